The third kappa shape index (κ3) is 6.64. The number of hydrogen-bond acceptors (Lipinski definition) is 2. The van der Waals surface area contributed by atoms with Crippen molar-refractivity contribution in [3.8, 4) is 0 Å². The van der Waals surface area contributed by atoms with Gasteiger partial charge in [0.2, 0.25) is 0 Å². The second-order valence-corrected chi connectivity index (χ2v) is 6.81. The highest BCUT2D eigenvalue weighted by molar-refractivity contribution is 14.0. The van der Waals surface area contributed by atoms with Gasteiger partial charge in [0.15, 0.2) is 5.96 Å². The zero-order valence-corrected chi connectivity index (χ0v) is 18.2. The van der Waals surface area contributed by atoms with E-state index in [1.54, 1.807) is 7.05 Å². The highest BCUT2D eigenvalue weighted by Crippen LogP contribution is 2.21. The van der Waals surface area contributed by atoms with Gasteiger partial charge in [0, 0.05) is 43.8 Å². The zero-order valence-electron chi connectivity index (χ0n) is 15.9. The average molecular weight is 488 g/mol. The zero-order chi connectivity index (χ0) is 18.2. The van der Waals surface area contributed by atoms with Gasteiger partial charge in [-0.15, -0.1) is 24.0 Å². The van der Waals surface area contributed by atoms with Crippen LogP contribution in [0.25, 0.3) is 10.9 Å². The molecular weight excluding hydrogens is 458 g/mol. The molecule has 3 N–H and O–H groups in total. The SMILES string of the molecule is CN=C(NCCCOC1CCCC1)NCCc1c[nH]c2cc(F)ccc12.I. The Morgan fingerprint density at radius 2 is 2.04 bits per heavy atom. The first kappa shape index (κ1) is 21.9. The lowest BCUT2D eigenvalue weighted by Crippen LogP contribution is -2.39. The molecular formula is C20H30FIN4O. The van der Waals surface area contributed by atoms with Crippen molar-refractivity contribution < 1.29 is 9.13 Å². The number of aliphatic imine (C=N–C) groups is 1. The smallest absolute Gasteiger partial charge is 0.190 e. The number of hydrogen-bond donors (Lipinski definition) is 3. The summed E-state index contributed by atoms with van der Waals surface area (Å²) in [4.78, 5) is 7.38. The molecule has 1 heterocycles. The van der Waals surface area contributed by atoms with Crippen molar-refractivity contribution in [1.29, 1.82) is 0 Å². The molecule has 0 unspecified atom stereocenters. The second kappa shape index (κ2) is 11.5. The van der Waals surface area contributed by atoms with E-state index in [1.165, 1.54) is 43.4 Å². The molecule has 27 heavy (non-hydrogen) atoms. The average Bonchev–Trinajstić information content (AvgIpc) is 3.29. The van der Waals surface area contributed by atoms with Crippen LogP contribution in [-0.4, -0.2) is 43.8 Å². The summed E-state index contributed by atoms with van der Waals surface area (Å²) in [5.41, 5.74) is 2.01. The molecule has 1 aliphatic rings. The molecule has 1 aromatic heterocycles. The molecule has 0 bridgehead atoms. The lowest BCUT2D eigenvalue weighted by atomic mass is 10.1. The van der Waals surface area contributed by atoms with Gasteiger partial charge in [0.1, 0.15) is 5.82 Å². The van der Waals surface area contributed by atoms with Crippen LogP contribution in [0.3, 0.4) is 0 Å². The van der Waals surface area contributed by atoms with Crippen molar-refractivity contribution in [2.75, 3.05) is 26.7 Å². The number of fused-ring (bicyclic) bond motifs is 1. The molecule has 3 rings (SSSR count). The molecule has 2 aromatic rings. The molecule has 1 fully saturated rings. The molecule has 1 saturated carbocycles. The Bertz CT molecular complexity index is 728. The predicted molar refractivity (Wildman–Crippen MR) is 120 cm³/mol. The van der Waals surface area contributed by atoms with Crippen molar-refractivity contribution in [1.82, 2.24) is 15.6 Å². The van der Waals surface area contributed by atoms with E-state index in [4.69, 9.17) is 4.74 Å². The van der Waals surface area contributed by atoms with Crippen molar-refractivity contribution in [3.63, 3.8) is 0 Å². The van der Waals surface area contributed by atoms with Gasteiger partial charge in [-0.05, 0) is 49.4 Å². The lowest BCUT2D eigenvalue weighted by Gasteiger charge is -2.13. The third-order valence-corrected chi connectivity index (χ3v) is 4.91. The molecule has 7 heteroatoms. The molecule has 150 valence electrons. The highest BCUT2D eigenvalue weighted by atomic mass is 127. The molecule has 0 saturated heterocycles. The van der Waals surface area contributed by atoms with Gasteiger partial charge >= 0.3 is 0 Å². The van der Waals surface area contributed by atoms with Crippen molar-refractivity contribution in [2.45, 2.75) is 44.6 Å². The van der Waals surface area contributed by atoms with Crippen LogP contribution in [0.15, 0.2) is 29.4 Å². The summed E-state index contributed by atoms with van der Waals surface area (Å²) in [6, 6.07) is 4.86. The minimum absolute atomic E-state index is 0. The normalized spacial score (nSPS) is 15.1. The van der Waals surface area contributed by atoms with E-state index in [0.29, 0.717) is 6.10 Å². The third-order valence-electron chi connectivity index (χ3n) is 4.91. The Labute approximate surface area is 177 Å². The minimum atomic E-state index is -0.217. The van der Waals surface area contributed by atoms with E-state index >= 15 is 0 Å². The van der Waals surface area contributed by atoms with E-state index in [2.05, 4.69) is 20.6 Å². The van der Waals surface area contributed by atoms with E-state index < -0.39 is 0 Å². The second-order valence-electron chi connectivity index (χ2n) is 6.81. The quantitative estimate of drug-likeness (QED) is 0.228. The van der Waals surface area contributed by atoms with Gasteiger partial charge in [0.05, 0.1) is 6.10 Å². The fourth-order valence-electron chi connectivity index (χ4n) is 3.49. The van der Waals surface area contributed by atoms with Gasteiger partial charge in [-0.25, -0.2) is 4.39 Å². The summed E-state index contributed by atoms with van der Waals surface area (Å²) in [6.45, 7) is 2.42. The monoisotopic (exact) mass is 488 g/mol. The maximum absolute atomic E-state index is 13.2. The summed E-state index contributed by atoms with van der Waals surface area (Å²) >= 11 is 0. The molecule has 0 atom stereocenters. The van der Waals surface area contributed by atoms with Gasteiger partial charge in [-0.1, -0.05) is 12.8 Å². The standard InChI is InChI=1S/C20H29FN4O.HI/c1-22-20(23-10-4-12-26-17-5-2-3-6-17)24-11-9-15-14-25-19-13-16(21)7-8-18(15)19;/h7-8,13-14,17,25H,2-6,9-12H2,1H3,(H2,22,23,24);1H. The van der Waals surface area contributed by atoms with Crippen LogP contribution in [-0.2, 0) is 11.2 Å². The molecule has 0 spiro atoms. The highest BCUT2D eigenvalue weighted by Gasteiger charge is 2.14. The molecule has 0 radical (unpaired) electrons. The van der Waals surface area contributed by atoms with Crippen molar-refractivity contribution >= 4 is 40.8 Å². The number of aromatic amines is 1. The van der Waals surface area contributed by atoms with Crippen LogP contribution in [0.5, 0.6) is 0 Å². The number of aromatic nitrogens is 1. The topological polar surface area (TPSA) is 61.4 Å². The molecule has 5 nitrogen and oxygen atoms in total. The number of guanidine groups is 1. The molecule has 1 aromatic carbocycles. The van der Waals surface area contributed by atoms with Gasteiger partial charge in [-0.2, -0.15) is 0 Å². The van der Waals surface area contributed by atoms with Gasteiger partial charge < -0.3 is 20.4 Å². The number of ether oxygens (including phenoxy) is 1. The minimum Gasteiger partial charge on any atom is -0.378 e. The van der Waals surface area contributed by atoms with Crippen LogP contribution in [0.1, 0.15) is 37.7 Å². The summed E-state index contributed by atoms with van der Waals surface area (Å²) < 4.78 is 19.1. The largest absolute Gasteiger partial charge is 0.378 e. The van der Waals surface area contributed by atoms with Crippen LogP contribution < -0.4 is 10.6 Å². The first-order valence-electron chi connectivity index (χ1n) is 9.58. The van der Waals surface area contributed by atoms with Crippen LogP contribution in [0.4, 0.5) is 4.39 Å². The summed E-state index contributed by atoms with van der Waals surface area (Å²) in [7, 11) is 1.78. The predicted octanol–water partition coefficient (Wildman–Crippen LogP) is 3.98. The fraction of sp³-hybridized carbons (Fsp3) is 0.550. The van der Waals surface area contributed by atoms with Gasteiger partial charge in [0.25, 0.3) is 0 Å². The molecule has 0 aliphatic heterocycles. The summed E-state index contributed by atoms with van der Waals surface area (Å²) in [6.07, 6.45) is 9.31. The van der Waals surface area contributed by atoms with E-state index in [-0.39, 0.29) is 29.8 Å². The van der Waals surface area contributed by atoms with E-state index in [0.717, 1.165) is 49.4 Å². The fourth-order valence-corrected chi connectivity index (χ4v) is 3.49. The number of rotatable bonds is 8. The number of benzene rings is 1. The first-order chi connectivity index (χ1) is 12.8. The van der Waals surface area contributed by atoms with E-state index in [1.807, 2.05) is 12.3 Å². The Morgan fingerprint density at radius 1 is 1.26 bits per heavy atom. The summed E-state index contributed by atoms with van der Waals surface area (Å²) in [5, 5.41) is 7.72. The van der Waals surface area contributed by atoms with Crippen LogP contribution in [0, 0.1) is 5.82 Å². The number of halogens is 2. The number of nitrogens with one attached hydrogen (secondary N) is 3. The van der Waals surface area contributed by atoms with Crippen LogP contribution in [0.2, 0.25) is 0 Å². The number of H-pyrrole nitrogens is 1. The Balaban J connectivity index is 0.00000261. The van der Waals surface area contributed by atoms with Crippen molar-refractivity contribution in [2.24, 2.45) is 4.99 Å². The lowest BCUT2D eigenvalue weighted by molar-refractivity contribution is 0.0574. The Hall–Kier alpha value is -1.35. The molecule has 1 aliphatic carbocycles. The van der Waals surface area contributed by atoms with Gasteiger partial charge in [-0.3, -0.25) is 4.99 Å². The first-order valence-corrected chi connectivity index (χ1v) is 9.58. The van der Waals surface area contributed by atoms with E-state index in [9.17, 15) is 4.39 Å². The Morgan fingerprint density at radius 3 is 2.81 bits per heavy atom. The molecule has 0 amide bonds. The van der Waals surface area contributed by atoms with Crippen LogP contribution >= 0.6 is 24.0 Å². The Kier molecular flexibility index (Phi) is 9.33. The maximum atomic E-state index is 13.2. The van der Waals surface area contributed by atoms with Crippen molar-refractivity contribution in [3.05, 3.63) is 35.8 Å². The number of nitrogens with zero attached hydrogens (tertiary/aromatic N) is 1. The summed E-state index contributed by atoms with van der Waals surface area (Å²) in [5.74, 6) is 0.585. The maximum Gasteiger partial charge on any atom is 0.190 e.